The number of rotatable bonds is 3. The zero-order valence-electron chi connectivity index (χ0n) is 17.1. The van der Waals surface area contributed by atoms with Gasteiger partial charge in [-0.25, -0.2) is 4.79 Å². The highest BCUT2D eigenvalue weighted by molar-refractivity contribution is 6.10. The summed E-state index contributed by atoms with van der Waals surface area (Å²) in [7, 11) is 0. The maximum atomic E-state index is 13.0. The van der Waals surface area contributed by atoms with Crippen molar-refractivity contribution < 1.29 is 8.83 Å². The molecule has 0 radical (unpaired) electrons. The molecule has 0 fully saturated rings. The van der Waals surface area contributed by atoms with E-state index in [1.165, 1.54) is 5.56 Å². The van der Waals surface area contributed by atoms with Gasteiger partial charge >= 0.3 is 5.63 Å². The SMILES string of the molecule is Cc1ccc(-c2c(Nc3ccc(C)cc3C)oc3c2c(=O)oc2ccccc23)cc1. The third-order valence-corrected chi connectivity index (χ3v) is 5.42. The molecular weight excluding hydrogens is 374 g/mol. The molecule has 0 amide bonds. The molecule has 3 aromatic carbocycles. The first-order valence-electron chi connectivity index (χ1n) is 9.91. The van der Waals surface area contributed by atoms with Gasteiger partial charge in [0.2, 0.25) is 5.88 Å². The highest BCUT2D eigenvalue weighted by atomic mass is 16.4. The first-order chi connectivity index (χ1) is 14.5. The molecule has 30 heavy (non-hydrogen) atoms. The summed E-state index contributed by atoms with van der Waals surface area (Å²) < 4.78 is 11.9. The normalized spacial score (nSPS) is 11.3. The van der Waals surface area contributed by atoms with Crippen LogP contribution in [0.2, 0.25) is 0 Å². The second-order valence-corrected chi connectivity index (χ2v) is 7.71. The van der Waals surface area contributed by atoms with Crippen LogP contribution < -0.4 is 10.9 Å². The maximum absolute atomic E-state index is 13.0. The third kappa shape index (κ3) is 2.98. The van der Waals surface area contributed by atoms with E-state index in [2.05, 4.69) is 18.3 Å². The molecule has 0 saturated heterocycles. The Morgan fingerprint density at radius 3 is 2.30 bits per heavy atom. The van der Waals surface area contributed by atoms with Gasteiger partial charge in [-0.05, 0) is 50.1 Å². The molecule has 0 unspecified atom stereocenters. The Labute approximate surface area is 173 Å². The van der Waals surface area contributed by atoms with Crippen molar-refractivity contribution in [3.8, 4) is 11.1 Å². The van der Waals surface area contributed by atoms with Gasteiger partial charge in [0.25, 0.3) is 0 Å². The number of furan rings is 1. The molecule has 0 aliphatic carbocycles. The molecule has 1 N–H and O–H groups in total. The summed E-state index contributed by atoms with van der Waals surface area (Å²) in [6.07, 6.45) is 0. The van der Waals surface area contributed by atoms with Crippen molar-refractivity contribution in [2.24, 2.45) is 0 Å². The molecule has 148 valence electrons. The van der Waals surface area contributed by atoms with E-state index in [9.17, 15) is 4.79 Å². The number of anilines is 2. The lowest BCUT2D eigenvalue weighted by molar-refractivity contribution is 0.566. The highest BCUT2D eigenvalue weighted by Gasteiger charge is 2.23. The van der Waals surface area contributed by atoms with Crippen LogP contribution in [0.4, 0.5) is 11.6 Å². The van der Waals surface area contributed by atoms with Crippen molar-refractivity contribution >= 4 is 33.5 Å². The van der Waals surface area contributed by atoms with Crippen LogP contribution in [0, 0.1) is 20.8 Å². The molecule has 4 nitrogen and oxygen atoms in total. The van der Waals surface area contributed by atoms with E-state index in [-0.39, 0.29) is 0 Å². The maximum Gasteiger partial charge on any atom is 0.348 e. The van der Waals surface area contributed by atoms with Gasteiger partial charge in [0.1, 0.15) is 11.0 Å². The predicted octanol–water partition coefficient (Wildman–Crippen LogP) is 6.88. The Balaban J connectivity index is 1.83. The molecule has 0 saturated carbocycles. The molecule has 4 heteroatoms. The van der Waals surface area contributed by atoms with Gasteiger partial charge in [0.05, 0.1) is 10.9 Å². The summed E-state index contributed by atoms with van der Waals surface area (Å²) in [5, 5.41) is 4.64. The Bertz CT molecular complexity index is 1460. The van der Waals surface area contributed by atoms with Gasteiger partial charge in [0.15, 0.2) is 5.58 Å². The van der Waals surface area contributed by atoms with Crippen LogP contribution >= 0.6 is 0 Å². The van der Waals surface area contributed by atoms with Crippen LogP contribution in [-0.2, 0) is 0 Å². The van der Waals surface area contributed by atoms with E-state index >= 15 is 0 Å². The Morgan fingerprint density at radius 2 is 1.53 bits per heavy atom. The van der Waals surface area contributed by atoms with Crippen LogP contribution in [0.3, 0.4) is 0 Å². The van der Waals surface area contributed by atoms with Crippen LogP contribution in [0.1, 0.15) is 16.7 Å². The number of benzene rings is 3. The van der Waals surface area contributed by atoms with Gasteiger partial charge in [-0.2, -0.15) is 0 Å². The Morgan fingerprint density at radius 1 is 0.800 bits per heavy atom. The standard InChI is InChI=1S/C26H21NO3/c1-15-8-11-18(12-9-15)22-23-24(19-6-4-5-7-21(19)29-26(23)28)30-25(22)27-20-13-10-16(2)14-17(20)3/h4-14,27H,1-3H3. The van der Waals surface area contributed by atoms with Crippen molar-refractivity contribution in [3.05, 3.63) is 93.8 Å². The second kappa shape index (κ2) is 6.92. The molecule has 5 aromatic rings. The highest BCUT2D eigenvalue weighted by Crippen LogP contribution is 2.41. The van der Waals surface area contributed by atoms with E-state index in [0.29, 0.717) is 28.0 Å². The summed E-state index contributed by atoms with van der Waals surface area (Å²) in [6.45, 7) is 6.15. The van der Waals surface area contributed by atoms with Crippen LogP contribution in [0.15, 0.2) is 80.4 Å². The number of hydrogen-bond acceptors (Lipinski definition) is 4. The minimum absolute atomic E-state index is 0.406. The van der Waals surface area contributed by atoms with Crippen LogP contribution in [-0.4, -0.2) is 0 Å². The number of hydrogen-bond donors (Lipinski definition) is 1. The Kier molecular flexibility index (Phi) is 4.21. The van der Waals surface area contributed by atoms with Gasteiger partial charge in [-0.1, -0.05) is 59.7 Å². The first-order valence-corrected chi connectivity index (χ1v) is 9.91. The quantitative estimate of drug-likeness (QED) is 0.339. The molecule has 5 rings (SSSR count). The summed E-state index contributed by atoms with van der Waals surface area (Å²) in [4.78, 5) is 13.0. The van der Waals surface area contributed by atoms with Crippen molar-refractivity contribution in [3.63, 3.8) is 0 Å². The van der Waals surface area contributed by atoms with Crippen LogP contribution in [0.5, 0.6) is 0 Å². The Hall–Kier alpha value is -3.79. The number of aryl methyl sites for hydroxylation is 3. The van der Waals surface area contributed by atoms with Crippen LogP contribution in [0.25, 0.3) is 33.1 Å². The molecule has 2 heterocycles. The predicted molar refractivity (Wildman–Crippen MR) is 122 cm³/mol. The molecule has 0 aliphatic rings. The van der Waals surface area contributed by atoms with Crippen molar-refractivity contribution in [1.82, 2.24) is 0 Å². The monoisotopic (exact) mass is 395 g/mol. The van der Waals surface area contributed by atoms with E-state index < -0.39 is 5.63 Å². The number of fused-ring (bicyclic) bond motifs is 3. The lowest BCUT2D eigenvalue weighted by Gasteiger charge is -2.10. The third-order valence-electron chi connectivity index (χ3n) is 5.42. The minimum Gasteiger partial charge on any atom is -0.439 e. The topological polar surface area (TPSA) is 55.4 Å². The van der Waals surface area contributed by atoms with Crippen molar-refractivity contribution in [1.29, 1.82) is 0 Å². The zero-order valence-corrected chi connectivity index (χ0v) is 17.1. The zero-order chi connectivity index (χ0) is 20.8. The molecule has 0 aliphatic heterocycles. The molecule has 0 spiro atoms. The summed E-state index contributed by atoms with van der Waals surface area (Å²) in [5.74, 6) is 0.532. The molecular formula is C26H21NO3. The average Bonchev–Trinajstić information content (AvgIpc) is 3.11. The average molecular weight is 395 g/mol. The smallest absolute Gasteiger partial charge is 0.348 e. The summed E-state index contributed by atoms with van der Waals surface area (Å²) >= 11 is 0. The molecule has 2 aromatic heterocycles. The largest absolute Gasteiger partial charge is 0.439 e. The second-order valence-electron chi connectivity index (χ2n) is 7.71. The van der Waals surface area contributed by atoms with Crippen molar-refractivity contribution in [2.75, 3.05) is 5.32 Å². The first kappa shape index (κ1) is 18.3. The van der Waals surface area contributed by atoms with E-state index in [4.69, 9.17) is 8.83 Å². The van der Waals surface area contributed by atoms with Gasteiger partial charge in [-0.3, -0.25) is 0 Å². The van der Waals surface area contributed by atoms with Crippen molar-refractivity contribution in [2.45, 2.75) is 20.8 Å². The van der Waals surface area contributed by atoms with Gasteiger partial charge in [0, 0.05) is 5.69 Å². The van der Waals surface area contributed by atoms with Gasteiger partial charge in [-0.15, -0.1) is 0 Å². The number of nitrogens with one attached hydrogen (secondary N) is 1. The van der Waals surface area contributed by atoms with E-state index in [0.717, 1.165) is 27.8 Å². The van der Waals surface area contributed by atoms with E-state index in [1.807, 2.05) is 68.4 Å². The summed E-state index contributed by atoms with van der Waals surface area (Å²) in [6, 6.07) is 21.7. The molecule has 0 atom stereocenters. The number of para-hydroxylation sites is 1. The minimum atomic E-state index is -0.406. The molecule has 0 bridgehead atoms. The summed E-state index contributed by atoms with van der Waals surface area (Å²) in [5.41, 5.74) is 6.61. The van der Waals surface area contributed by atoms with E-state index in [1.54, 1.807) is 6.07 Å². The van der Waals surface area contributed by atoms with Gasteiger partial charge < -0.3 is 14.2 Å². The lowest BCUT2D eigenvalue weighted by Crippen LogP contribution is -2.00. The lowest BCUT2D eigenvalue weighted by atomic mass is 10.0. The fraction of sp³-hybridized carbons (Fsp3) is 0.115. The fourth-order valence-corrected chi connectivity index (χ4v) is 3.87. The fourth-order valence-electron chi connectivity index (χ4n) is 3.87.